The van der Waals surface area contributed by atoms with E-state index in [1.807, 2.05) is 11.6 Å². The Morgan fingerprint density at radius 1 is 1.17 bits per heavy atom. The highest BCUT2D eigenvalue weighted by atomic mass is 19.1. The van der Waals surface area contributed by atoms with Crippen LogP contribution in [0, 0.1) is 5.82 Å². The summed E-state index contributed by atoms with van der Waals surface area (Å²) in [6.07, 6.45) is 9.28. The van der Waals surface area contributed by atoms with Crippen molar-refractivity contribution >= 4 is 22.6 Å². The molecule has 0 aliphatic heterocycles. The molecule has 6 nitrogen and oxygen atoms in total. The molecule has 1 aromatic carbocycles. The molecule has 7 heteroatoms. The molecule has 0 spiro atoms. The van der Waals surface area contributed by atoms with E-state index in [0.29, 0.717) is 18.2 Å². The number of hydrogen-bond acceptors (Lipinski definition) is 4. The maximum absolute atomic E-state index is 13.1. The van der Waals surface area contributed by atoms with Gasteiger partial charge in [-0.2, -0.15) is 5.10 Å². The Hall–Kier alpha value is -2.96. The van der Waals surface area contributed by atoms with Crippen molar-refractivity contribution in [2.24, 2.45) is 0 Å². The highest BCUT2D eigenvalue weighted by molar-refractivity contribution is 6.06. The minimum atomic E-state index is -0.290. The Kier molecular flexibility index (Phi) is 5.74. The maximum atomic E-state index is 13.1. The monoisotopic (exact) mass is 395 g/mol. The molecular weight excluding hydrogens is 369 g/mol. The van der Waals surface area contributed by atoms with Crippen molar-refractivity contribution in [2.45, 2.75) is 58.2 Å². The first-order valence-corrected chi connectivity index (χ1v) is 10.3. The highest BCUT2D eigenvalue weighted by Gasteiger charge is 2.21. The van der Waals surface area contributed by atoms with Gasteiger partial charge in [-0.05, 0) is 37.5 Å². The van der Waals surface area contributed by atoms with Gasteiger partial charge in [0.1, 0.15) is 5.82 Å². The largest absolute Gasteiger partial charge is 0.381 e. The molecule has 0 bridgehead atoms. The van der Waals surface area contributed by atoms with Gasteiger partial charge in [0.2, 0.25) is 0 Å². The lowest BCUT2D eigenvalue weighted by Gasteiger charge is -2.25. The van der Waals surface area contributed by atoms with E-state index in [2.05, 4.69) is 20.7 Å². The van der Waals surface area contributed by atoms with Crippen LogP contribution in [0.1, 0.15) is 54.9 Å². The molecule has 2 aromatic heterocycles. The Morgan fingerprint density at radius 3 is 2.66 bits per heavy atom. The van der Waals surface area contributed by atoms with Crippen molar-refractivity contribution in [3.8, 4) is 0 Å². The third-order valence-electron chi connectivity index (χ3n) is 5.53. The maximum Gasteiger partial charge on any atom is 0.255 e. The molecular formula is C22H26FN5O. The van der Waals surface area contributed by atoms with E-state index in [0.717, 1.165) is 41.7 Å². The van der Waals surface area contributed by atoms with Crippen molar-refractivity contribution < 1.29 is 9.18 Å². The SMILES string of the molecule is CCn1ncc2c(NC3CCCCC3)c(C(=O)NCc3ccc(F)cc3)cnc21. The summed E-state index contributed by atoms with van der Waals surface area (Å²) in [6.45, 7) is 3.06. The molecule has 4 rings (SSSR count). The summed E-state index contributed by atoms with van der Waals surface area (Å²) in [4.78, 5) is 17.5. The van der Waals surface area contributed by atoms with E-state index in [9.17, 15) is 9.18 Å². The molecule has 2 N–H and O–H groups in total. The zero-order valence-corrected chi connectivity index (χ0v) is 16.6. The second-order valence-corrected chi connectivity index (χ2v) is 7.53. The normalized spacial score (nSPS) is 14.8. The number of aryl methyl sites for hydroxylation is 1. The molecule has 29 heavy (non-hydrogen) atoms. The summed E-state index contributed by atoms with van der Waals surface area (Å²) >= 11 is 0. The zero-order chi connectivity index (χ0) is 20.2. The zero-order valence-electron chi connectivity index (χ0n) is 16.6. The number of pyridine rings is 1. The van der Waals surface area contributed by atoms with Crippen molar-refractivity contribution in [1.82, 2.24) is 20.1 Å². The summed E-state index contributed by atoms with van der Waals surface area (Å²) in [5.74, 6) is -0.493. The summed E-state index contributed by atoms with van der Waals surface area (Å²) in [5.41, 5.74) is 2.94. The Bertz CT molecular complexity index is 992. The van der Waals surface area contributed by atoms with Gasteiger partial charge >= 0.3 is 0 Å². The van der Waals surface area contributed by atoms with Gasteiger partial charge in [0.25, 0.3) is 5.91 Å². The Labute approximate surface area is 169 Å². The third kappa shape index (κ3) is 4.23. The van der Waals surface area contributed by atoms with E-state index in [1.54, 1.807) is 24.5 Å². The van der Waals surface area contributed by atoms with Crippen LogP contribution in [0.3, 0.4) is 0 Å². The van der Waals surface area contributed by atoms with Crippen LogP contribution in [0.4, 0.5) is 10.1 Å². The number of amides is 1. The number of nitrogens with one attached hydrogen (secondary N) is 2. The topological polar surface area (TPSA) is 71.8 Å². The van der Waals surface area contributed by atoms with Crippen LogP contribution in [0.15, 0.2) is 36.7 Å². The average molecular weight is 395 g/mol. The van der Waals surface area contributed by atoms with Crippen LogP contribution in [0.25, 0.3) is 11.0 Å². The quantitative estimate of drug-likeness (QED) is 0.654. The lowest BCUT2D eigenvalue weighted by Crippen LogP contribution is -2.27. The highest BCUT2D eigenvalue weighted by Crippen LogP contribution is 2.30. The van der Waals surface area contributed by atoms with Crippen LogP contribution in [0.2, 0.25) is 0 Å². The molecule has 1 aliphatic carbocycles. The minimum Gasteiger partial charge on any atom is -0.381 e. The van der Waals surface area contributed by atoms with E-state index < -0.39 is 0 Å². The van der Waals surface area contributed by atoms with E-state index in [1.165, 1.54) is 31.4 Å². The fraction of sp³-hybridized carbons (Fsp3) is 0.409. The number of benzene rings is 1. The number of carbonyl (C=O) groups excluding carboxylic acids is 1. The Balaban J connectivity index is 1.61. The molecule has 0 radical (unpaired) electrons. The lowest BCUT2D eigenvalue weighted by atomic mass is 9.95. The summed E-state index contributed by atoms with van der Waals surface area (Å²) < 4.78 is 14.9. The fourth-order valence-corrected chi connectivity index (χ4v) is 3.92. The van der Waals surface area contributed by atoms with Gasteiger partial charge in [0.15, 0.2) is 5.65 Å². The van der Waals surface area contributed by atoms with Crippen molar-refractivity contribution in [3.63, 3.8) is 0 Å². The van der Waals surface area contributed by atoms with Gasteiger partial charge < -0.3 is 10.6 Å². The minimum absolute atomic E-state index is 0.203. The predicted octanol–water partition coefficient (Wildman–Crippen LogP) is 4.26. The number of hydrogen-bond donors (Lipinski definition) is 2. The first-order chi connectivity index (χ1) is 14.2. The van der Waals surface area contributed by atoms with E-state index in [4.69, 9.17) is 0 Å². The molecule has 0 saturated heterocycles. The van der Waals surface area contributed by atoms with E-state index in [-0.39, 0.29) is 11.7 Å². The first kappa shape index (κ1) is 19.4. The van der Waals surface area contributed by atoms with Gasteiger partial charge in [-0.1, -0.05) is 31.4 Å². The van der Waals surface area contributed by atoms with Gasteiger partial charge in [-0.25, -0.2) is 14.1 Å². The van der Waals surface area contributed by atoms with Crippen LogP contribution in [-0.4, -0.2) is 26.7 Å². The smallest absolute Gasteiger partial charge is 0.255 e. The second kappa shape index (κ2) is 8.59. The standard InChI is InChI=1S/C22H26FN5O/c1-2-28-21-18(14-26-28)20(27-17-6-4-3-5-7-17)19(13-24-21)22(29)25-12-15-8-10-16(23)11-9-15/h8-11,13-14,17H,2-7,12H2,1H3,(H,24,27)(H,25,29). The number of rotatable bonds is 6. The average Bonchev–Trinajstić information content (AvgIpc) is 3.18. The van der Waals surface area contributed by atoms with Crippen LogP contribution in [0.5, 0.6) is 0 Å². The molecule has 152 valence electrons. The molecule has 2 heterocycles. The number of halogens is 1. The van der Waals surface area contributed by atoms with Crippen molar-refractivity contribution in [2.75, 3.05) is 5.32 Å². The fourth-order valence-electron chi connectivity index (χ4n) is 3.92. The molecule has 3 aromatic rings. The number of nitrogens with zero attached hydrogens (tertiary/aromatic N) is 3. The molecule has 0 unspecified atom stereocenters. The van der Waals surface area contributed by atoms with Crippen LogP contribution < -0.4 is 10.6 Å². The number of fused-ring (bicyclic) bond motifs is 1. The number of aromatic nitrogens is 3. The van der Waals surface area contributed by atoms with Crippen LogP contribution >= 0.6 is 0 Å². The van der Waals surface area contributed by atoms with Crippen LogP contribution in [-0.2, 0) is 13.1 Å². The molecule has 1 fully saturated rings. The predicted molar refractivity (Wildman–Crippen MR) is 111 cm³/mol. The lowest BCUT2D eigenvalue weighted by molar-refractivity contribution is 0.0951. The summed E-state index contributed by atoms with van der Waals surface area (Å²) in [6, 6.07) is 6.48. The summed E-state index contributed by atoms with van der Waals surface area (Å²) in [5, 5.41) is 11.8. The molecule has 0 atom stereocenters. The van der Waals surface area contributed by atoms with Gasteiger partial charge in [-0.3, -0.25) is 4.79 Å². The van der Waals surface area contributed by atoms with Gasteiger partial charge in [0, 0.05) is 25.3 Å². The molecule has 1 saturated carbocycles. The first-order valence-electron chi connectivity index (χ1n) is 10.3. The molecule has 1 aliphatic rings. The van der Waals surface area contributed by atoms with Gasteiger partial charge in [0.05, 0.1) is 22.8 Å². The summed E-state index contributed by atoms with van der Waals surface area (Å²) in [7, 11) is 0. The number of carbonyl (C=O) groups is 1. The van der Waals surface area contributed by atoms with E-state index >= 15 is 0 Å². The van der Waals surface area contributed by atoms with Crippen molar-refractivity contribution in [3.05, 3.63) is 53.6 Å². The van der Waals surface area contributed by atoms with Crippen molar-refractivity contribution in [1.29, 1.82) is 0 Å². The van der Waals surface area contributed by atoms with Gasteiger partial charge in [-0.15, -0.1) is 0 Å². The third-order valence-corrected chi connectivity index (χ3v) is 5.53. The molecule has 1 amide bonds. The second-order valence-electron chi connectivity index (χ2n) is 7.53. The number of anilines is 1. The Morgan fingerprint density at radius 2 is 1.93 bits per heavy atom.